The van der Waals surface area contributed by atoms with Crippen molar-refractivity contribution in [3.05, 3.63) is 61.3 Å². The molecule has 3 rings (SSSR count). The fraction of sp³-hybridized carbons (Fsp3) is 0. The molecule has 0 unspecified atom stereocenters. The highest BCUT2D eigenvalue weighted by Crippen LogP contribution is 2.07. The summed E-state index contributed by atoms with van der Waals surface area (Å²) >= 11 is 0. The smallest absolute Gasteiger partial charge is 0.114 e. The van der Waals surface area contributed by atoms with Crippen LogP contribution < -0.4 is 5.84 Å². The predicted molar refractivity (Wildman–Crippen MR) is 64.1 cm³/mol. The fourth-order valence-corrected chi connectivity index (χ4v) is 1.29. The van der Waals surface area contributed by atoms with Gasteiger partial charge in [-0.3, -0.25) is 9.66 Å². The molecule has 2 aromatic heterocycles. The standard InChI is InChI=1S/C9H7N.C3H5N3/c1-2-6-9-8(4-1)5-3-7-10-9;4-6-2-1-5-3-6/h1-7H;1-3H,4H2. The summed E-state index contributed by atoms with van der Waals surface area (Å²) in [5.74, 6) is 5.13. The lowest BCUT2D eigenvalue weighted by Crippen LogP contribution is -2.02. The first kappa shape index (κ1) is 10.2. The van der Waals surface area contributed by atoms with Gasteiger partial charge in [0.15, 0.2) is 0 Å². The first-order valence-electron chi connectivity index (χ1n) is 4.89. The number of hydrogen-bond acceptors (Lipinski definition) is 3. The maximum absolute atomic E-state index is 5.13. The van der Waals surface area contributed by atoms with Crippen molar-refractivity contribution >= 4 is 10.9 Å². The van der Waals surface area contributed by atoms with Crippen LogP contribution in [0.5, 0.6) is 0 Å². The van der Waals surface area contributed by atoms with Crippen LogP contribution in [-0.2, 0) is 0 Å². The van der Waals surface area contributed by atoms with E-state index in [4.69, 9.17) is 5.84 Å². The summed E-state index contributed by atoms with van der Waals surface area (Å²) in [6, 6.07) is 12.1. The molecule has 0 fully saturated rings. The van der Waals surface area contributed by atoms with Crippen molar-refractivity contribution < 1.29 is 0 Å². The van der Waals surface area contributed by atoms with E-state index in [-0.39, 0.29) is 0 Å². The normalized spacial score (nSPS) is 9.50. The SMILES string of the molecule is Nn1ccnc1.c1ccc2ncccc2c1. The lowest BCUT2D eigenvalue weighted by Gasteiger charge is -1.91. The largest absolute Gasteiger partial charge is 0.338 e. The first-order valence-corrected chi connectivity index (χ1v) is 4.89. The van der Waals surface area contributed by atoms with E-state index in [1.54, 1.807) is 12.4 Å². The molecule has 16 heavy (non-hydrogen) atoms. The molecule has 4 heteroatoms. The Labute approximate surface area is 93.3 Å². The minimum Gasteiger partial charge on any atom is -0.338 e. The summed E-state index contributed by atoms with van der Waals surface area (Å²) in [5, 5.41) is 1.20. The number of hydrogen-bond donors (Lipinski definition) is 1. The zero-order valence-electron chi connectivity index (χ0n) is 8.69. The minimum absolute atomic E-state index is 1.06. The summed E-state index contributed by atoms with van der Waals surface area (Å²) in [7, 11) is 0. The van der Waals surface area contributed by atoms with Gasteiger partial charge in [0.2, 0.25) is 0 Å². The number of nitrogens with zero attached hydrogens (tertiary/aromatic N) is 3. The summed E-state index contributed by atoms with van der Waals surface area (Å²) < 4.78 is 1.39. The summed E-state index contributed by atoms with van der Waals surface area (Å²) in [6.07, 6.45) is 6.63. The van der Waals surface area contributed by atoms with Crippen molar-refractivity contribution in [2.24, 2.45) is 0 Å². The predicted octanol–water partition coefficient (Wildman–Crippen LogP) is 1.83. The Hall–Kier alpha value is -2.36. The van der Waals surface area contributed by atoms with E-state index >= 15 is 0 Å². The Morgan fingerprint density at radius 1 is 1.00 bits per heavy atom. The van der Waals surface area contributed by atoms with Crippen LogP contribution in [0.1, 0.15) is 0 Å². The van der Waals surface area contributed by atoms with Gasteiger partial charge in [0.25, 0.3) is 0 Å². The van der Waals surface area contributed by atoms with E-state index in [2.05, 4.69) is 22.1 Å². The molecule has 80 valence electrons. The molecule has 0 radical (unpaired) electrons. The Kier molecular flexibility index (Phi) is 3.13. The van der Waals surface area contributed by atoms with Crippen LogP contribution in [0, 0.1) is 0 Å². The van der Waals surface area contributed by atoms with Crippen molar-refractivity contribution in [1.29, 1.82) is 0 Å². The lowest BCUT2D eigenvalue weighted by atomic mass is 10.2. The molecule has 0 aliphatic heterocycles. The van der Waals surface area contributed by atoms with Gasteiger partial charge in [-0.25, -0.2) is 4.98 Å². The van der Waals surface area contributed by atoms with Crippen LogP contribution in [0.15, 0.2) is 61.3 Å². The van der Waals surface area contributed by atoms with Gasteiger partial charge in [-0.05, 0) is 12.1 Å². The van der Waals surface area contributed by atoms with Gasteiger partial charge in [-0.1, -0.05) is 24.3 Å². The van der Waals surface area contributed by atoms with Crippen molar-refractivity contribution in [1.82, 2.24) is 14.6 Å². The molecule has 0 bridgehead atoms. The Morgan fingerprint density at radius 3 is 2.44 bits per heavy atom. The van der Waals surface area contributed by atoms with Gasteiger partial charge >= 0.3 is 0 Å². The van der Waals surface area contributed by atoms with E-state index in [0.29, 0.717) is 0 Å². The Balaban J connectivity index is 0.000000138. The number of nitrogen functional groups attached to an aromatic ring is 1. The summed E-state index contributed by atoms with van der Waals surface area (Å²) in [4.78, 5) is 7.84. The molecule has 0 aliphatic rings. The fourth-order valence-electron chi connectivity index (χ4n) is 1.29. The number of imidazole rings is 1. The zero-order chi connectivity index (χ0) is 11.2. The van der Waals surface area contributed by atoms with Crippen molar-refractivity contribution in [3.63, 3.8) is 0 Å². The third kappa shape index (κ3) is 2.57. The molecular weight excluding hydrogens is 200 g/mol. The number of benzene rings is 1. The summed E-state index contributed by atoms with van der Waals surface area (Å²) in [6.45, 7) is 0. The van der Waals surface area contributed by atoms with Gasteiger partial charge in [0.1, 0.15) is 6.33 Å². The van der Waals surface area contributed by atoms with Crippen molar-refractivity contribution in [2.45, 2.75) is 0 Å². The second kappa shape index (κ2) is 4.93. The van der Waals surface area contributed by atoms with Crippen LogP contribution in [-0.4, -0.2) is 14.6 Å². The number of nitrogens with two attached hydrogens (primary N) is 1. The second-order valence-corrected chi connectivity index (χ2v) is 3.21. The van der Waals surface area contributed by atoms with E-state index < -0.39 is 0 Å². The molecule has 0 atom stereocenters. The maximum atomic E-state index is 5.13. The average Bonchev–Trinajstić information content (AvgIpc) is 2.81. The number of para-hydroxylation sites is 1. The Bertz CT molecular complexity index is 480. The van der Waals surface area contributed by atoms with Crippen LogP contribution >= 0.6 is 0 Å². The van der Waals surface area contributed by atoms with E-state index in [1.807, 2.05) is 30.5 Å². The van der Waals surface area contributed by atoms with E-state index in [9.17, 15) is 0 Å². The van der Waals surface area contributed by atoms with Crippen LogP contribution in [0.3, 0.4) is 0 Å². The molecule has 2 N–H and O–H groups in total. The van der Waals surface area contributed by atoms with Gasteiger partial charge < -0.3 is 5.84 Å². The van der Waals surface area contributed by atoms with Gasteiger partial charge in [-0.15, -0.1) is 0 Å². The van der Waals surface area contributed by atoms with Crippen LogP contribution in [0.4, 0.5) is 0 Å². The number of pyridine rings is 1. The highest BCUT2D eigenvalue weighted by Gasteiger charge is 1.86. The van der Waals surface area contributed by atoms with Crippen molar-refractivity contribution in [3.8, 4) is 0 Å². The first-order chi connectivity index (χ1) is 7.86. The maximum Gasteiger partial charge on any atom is 0.114 e. The minimum atomic E-state index is 1.06. The Morgan fingerprint density at radius 2 is 1.81 bits per heavy atom. The van der Waals surface area contributed by atoms with E-state index in [1.165, 1.54) is 16.4 Å². The molecule has 0 saturated carbocycles. The molecule has 2 heterocycles. The lowest BCUT2D eigenvalue weighted by molar-refractivity contribution is 1.00. The van der Waals surface area contributed by atoms with E-state index in [0.717, 1.165) is 5.52 Å². The second-order valence-electron chi connectivity index (χ2n) is 3.21. The van der Waals surface area contributed by atoms with Gasteiger partial charge in [0.05, 0.1) is 5.52 Å². The molecular formula is C12H12N4. The number of fused-ring (bicyclic) bond motifs is 1. The summed E-state index contributed by atoms with van der Waals surface area (Å²) in [5.41, 5.74) is 1.06. The van der Waals surface area contributed by atoms with Crippen LogP contribution in [0.25, 0.3) is 10.9 Å². The quantitative estimate of drug-likeness (QED) is 0.578. The topological polar surface area (TPSA) is 56.7 Å². The molecule has 0 spiro atoms. The average molecular weight is 212 g/mol. The number of rotatable bonds is 0. The molecule has 1 aromatic carbocycles. The van der Waals surface area contributed by atoms with Gasteiger partial charge in [-0.2, -0.15) is 0 Å². The molecule has 3 aromatic rings. The van der Waals surface area contributed by atoms with Crippen LogP contribution in [0.2, 0.25) is 0 Å². The third-order valence-corrected chi connectivity index (χ3v) is 2.04. The molecule has 0 amide bonds. The highest BCUT2D eigenvalue weighted by molar-refractivity contribution is 5.77. The highest BCUT2D eigenvalue weighted by atomic mass is 15.3. The number of aromatic nitrogens is 3. The molecule has 0 saturated heterocycles. The zero-order valence-corrected chi connectivity index (χ0v) is 8.69. The van der Waals surface area contributed by atoms with Gasteiger partial charge in [0, 0.05) is 24.0 Å². The monoisotopic (exact) mass is 212 g/mol. The molecule has 4 nitrogen and oxygen atoms in total. The van der Waals surface area contributed by atoms with Crippen molar-refractivity contribution in [2.75, 3.05) is 5.84 Å². The molecule has 0 aliphatic carbocycles. The third-order valence-electron chi connectivity index (χ3n) is 2.04.